The molecule has 2 fully saturated rings. The molecule has 1 amide bonds. The average Bonchev–Trinajstić information content (AvgIpc) is 3.78. The Morgan fingerprint density at radius 2 is 1.73 bits per heavy atom. The molecule has 2 aromatic heterocycles. The Balaban J connectivity index is 1.33. The molecule has 0 spiro atoms. The minimum atomic E-state index is -0.387. The van der Waals surface area contributed by atoms with Crippen LogP contribution in [0.2, 0.25) is 0 Å². The number of carbonyl (C=O) groups is 1. The number of methoxy groups -OCH3 is 1. The van der Waals surface area contributed by atoms with E-state index in [0.717, 1.165) is 61.7 Å². The van der Waals surface area contributed by atoms with Crippen molar-refractivity contribution in [2.24, 2.45) is 0 Å². The van der Waals surface area contributed by atoms with Gasteiger partial charge in [-0.2, -0.15) is 9.97 Å². The molecule has 0 radical (unpaired) electrons. The van der Waals surface area contributed by atoms with E-state index in [2.05, 4.69) is 86.1 Å². The molecule has 2 aliphatic rings. The predicted octanol–water partition coefficient (Wildman–Crippen LogP) is 4.32. The van der Waals surface area contributed by atoms with Crippen LogP contribution in [0.4, 0.5) is 16.6 Å². The number of imidazole rings is 1. The van der Waals surface area contributed by atoms with Crippen molar-refractivity contribution in [3.8, 4) is 0 Å². The van der Waals surface area contributed by atoms with Gasteiger partial charge in [-0.15, -0.1) is 0 Å². The molecule has 3 N–H and O–H groups in total. The van der Waals surface area contributed by atoms with E-state index in [9.17, 15) is 4.79 Å². The summed E-state index contributed by atoms with van der Waals surface area (Å²) in [5, 5.41) is 10.0. The molecule has 1 aliphatic carbocycles. The number of alkyl carbamates (subject to hydrolysis) is 1. The van der Waals surface area contributed by atoms with Gasteiger partial charge in [0, 0.05) is 43.7 Å². The third-order valence-electron chi connectivity index (χ3n) is 8.47. The summed E-state index contributed by atoms with van der Waals surface area (Å²) in [5.74, 6) is 1.61. The van der Waals surface area contributed by atoms with E-state index in [1.165, 1.54) is 18.2 Å². The summed E-state index contributed by atoms with van der Waals surface area (Å²) in [4.78, 5) is 29.0. The van der Waals surface area contributed by atoms with Crippen molar-refractivity contribution in [2.45, 2.75) is 49.7 Å². The summed E-state index contributed by atoms with van der Waals surface area (Å²) >= 11 is 0. The third kappa shape index (κ3) is 5.83. The molecule has 1 aliphatic heterocycles. The molecule has 41 heavy (non-hydrogen) atoms. The van der Waals surface area contributed by atoms with Gasteiger partial charge in [-0.05, 0) is 43.9 Å². The Labute approximate surface area is 240 Å². The summed E-state index contributed by atoms with van der Waals surface area (Å²) in [6.07, 6.45) is 5.16. The van der Waals surface area contributed by atoms with E-state index >= 15 is 0 Å². The molecule has 3 atom stereocenters. The first-order chi connectivity index (χ1) is 20.1. The molecular formula is C31H38N8O2. The van der Waals surface area contributed by atoms with Crippen LogP contribution in [-0.2, 0) is 4.74 Å². The molecule has 10 heteroatoms. The number of anilines is 2. The zero-order valence-electron chi connectivity index (χ0n) is 23.7. The standard InChI is InChI=1S/C31H38N8O2/c1-32-24-15-16-38(19-24)30-36-28(33-18-26(21-9-5-3-6-10-21)22-11-7-4-8-12-22)27-29(37-30)39(20-34-27)25-14-13-23(17-25)35-31(40)41-2/h3-12,20,23-26,32H,13-19H2,1-2H3,(H,35,40)(H,33,36,37). The zero-order valence-corrected chi connectivity index (χ0v) is 23.7. The van der Waals surface area contributed by atoms with Crippen molar-refractivity contribution in [2.75, 3.05) is 44.0 Å². The maximum absolute atomic E-state index is 11.8. The Kier molecular flexibility index (Phi) is 8.00. The Morgan fingerprint density at radius 3 is 2.39 bits per heavy atom. The van der Waals surface area contributed by atoms with Crippen LogP contribution in [0.1, 0.15) is 48.8 Å². The van der Waals surface area contributed by atoms with Crippen molar-refractivity contribution in [1.29, 1.82) is 0 Å². The summed E-state index contributed by atoms with van der Waals surface area (Å²) in [6, 6.07) is 21.8. The van der Waals surface area contributed by atoms with Gasteiger partial charge in [0.1, 0.15) is 0 Å². The fourth-order valence-electron chi connectivity index (χ4n) is 6.18. The molecule has 4 aromatic rings. The number of likely N-dealkylation sites (N-methyl/N-ethyl adjacent to an activating group) is 1. The highest BCUT2D eigenvalue weighted by Crippen LogP contribution is 2.35. The second kappa shape index (κ2) is 12.1. The number of ether oxygens (including phenoxy) is 1. The van der Waals surface area contributed by atoms with Gasteiger partial charge in [0.15, 0.2) is 17.0 Å². The molecule has 1 saturated heterocycles. The van der Waals surface area contributed by atoms with Crippen LogP contribution in [0.5, 0.6) is 0 Å². The third-order valence-corrected chi connectivity index (χ3v) is 8.47. The van der Waals surface area contributed by atoms with Gasteiger partial charge in [0.2, 0.25) is 5.95 Å². The minimum Gasteiger partial charge on any atom is -0.453 e. The number of fused-ring (bicyclic) bond motifs is 1. The number of hydrogen-bond donors (Lipinski definition) is 3. The van der Waals surface area contributed by atoms with Crippen LogP contribution in [0.15, 0.2) is 67.0 Å². The van der Waals surface area contributed by atoms with E-state index in [-0.39, 0.29) is 24.1 Å². The molecule has 214 valence electrons. The van der Waals surface area contributed by atoms with Crippen LogP contribution in [-0.4, -0.2) is 71.5 Å². The van der Waals surface area contributed by atoms with Gasteiger partial charge in [0.25, 0.3) is 0 Å². The number of rotatable bonds is 9. The van der Waals surface area contributed by atoms with Gasteiger partial charge in [-0.3, -0.25) is 0 Å². The van der Waals surface area contributed by atoms with Crippen LogP contribution in [0, 0.1) is 0 Å². The lowest BCUT2D eigenvalue weighted by atomic mass is 9.91. The van der Waals surface area contributed by atoms with E-state index < -0.39 is 0 Å². The van der Waals surface area contributed by atoms with Crippen molar-refractivity contribution >= 4 is 29.0 Å². The molecule has 0 bridgehead atoms. The normalized spacial score (nSPS) is 20.6. The second-order valence-corrected chi connectivity index (χ2v) is 11.0. The molecule has 3 heterocycles. The van der Waals surface area contributed by atoms with Gasteiger partial charge in [0.05, 0.1) is 13.4 Å². The van der Waals surface area contributed by atoms with Gasteiger partial charge in [-0.1, -0.05) is 60.7 Å². The molecule has 2 aromatic carbocycles. The first kappa shape index (κ1) is 27.0. The Bertz CT molecular complexity index is 1420. The molecule has 10 nitrogen and oxygen atoms in total. The molecule has 3 unspecified atom stereocenters. The molecular weight excluding hydrogens is 516 g/mol. The summed E-state index contributed by atoms with van der Waals surface area (Å²) < 4.78 is 6.98. The van der Waals surface area contributed by atoms with E-state index in [1.807, 2.05) is 13.4 Å². The number of carbonyl (C=O) groups excluding carboxylic acids is 1. The zero-order chi connectivity index (χ0) is 28.2. The Morgan fingerprint density at radius 1 is 1.00 bits per heavy atom. The summed E-state index contributed by atoms with van der Waals surface area (Å²) in [5.41, 5.74) is 4.08. The van der Waals surface area contributed by atoms with E-state index in [1.54, 1.807) is 0 Å². The average molecular weight is 555 g/mol. The maximum Gasteiger partial charge on any atom is 0.407 e. The minimum absolute atomic E-state index is 0.0660. The SMILES string of the molecule is CNC1CCN(c2nc(NCC(c3ccccc3)c3ccccc3)c3ncn(C4CCC(NC(=O)OC)C4)c3n2)C1. The maximum atomic E-state index is 11.8. The first-order valence-corrected chi connectivity index (χ1v) is 14.5. The lowest BCUT2D eigenvalue weighted by Gasteiger charge is -2.21. The monoisotopic (exact) mass is 554 g/mol. The Hall–Kier alpha value is -4.18. The molecule has 1 saturated carbocycles. The first-order valence-electron chi connectivity index (χ1n) is 14.5. The number of nitrogens with zero attached hydrogens (tertiary/aromatic N) is 5. The van der Waals surface area contributed by atoms with Crippen LogP contribution >= 0.6 is 0 Å². The predicted molar refractivity (Wildman–Crippen MR) is 160 cm³/mol. The number of nitrogens with one attached hydrogen (secondary N) is 3. The summed E-state index contributed by atoms with van der Waals surface area (Å²) in [7, 11) is 3.40. The van der Waals surface area contributed by atoms with Crippen LogP contribution in [0.25, 0.3) is 11.2 Å². The van der Waals surface area contributed by atoms with Crippen LogP contribution in [0.3, 0.4) is 0 Å². The topological polar surface area (TPSA) is 109 Å². The number of aromatic nitrogens is 4. The van der Waals surface area contributed by atoms with E-state index in [0.29, 0.717) is 12.6 Å². The fraction of sp³-hybridized carbons (Fsp3) is 0.419. The smallest absolute Gasteiger partial charge is 0.407 e. The van der Waals surface area contributed by atoms with Crippen molar-refractivity contribution in [3.63, 3.8) is 0 Å². The van der Waals surface area contributed by atoms with Gasteiger partial charge >= 0.3 is 6.09 Å². The number of hydrogen-bond acceptors (Lipinski definition) is 8. The second-order valence-electron chi connectivity index (χ2n) is 11.0. The van der Waals surface area contributed by atoms with Gasteiger partial charge < -0.3 is 30.2 Å². The number of benzene rings is 2. The summed E-state index contributed by atoms with van der Waals surface area (Å²) in [6.45, 7) is 2.43. The lowest BCUT2D eigenvalue weighted by Crippen LogP contribution is -2.32. The largest absolute Gasteiger partial charge is 0.453 e. The molecule has 6 rings (SSSR count). The lowest BCUT2D eigenvalue weighted by molar-refractivity contribution is 0.166. The highest BCUT2D eigenvalue weighted by Gasteiger charge is 2.31. The fourth-order valence-corrected chi connectivity index (χ4v) is 6.18. The highest BCUT2D eigenvalue weighted by molar-refractivity contribution is 5.84. The highest BCUT2D eigenvalue weighted by atomic mass is 16.5. The van der Waals surface area contributed by atoms with Crippen LogP contribution < -0.4 is 20.9 Å². The van der Waals surface area contributed by atoms with Crippen molar-refractivity contribution in [3.05, 3.63) is 78.1 Å². The van der Waals surface area contributed by atoms with Gasteiger partial charge in [-0.25, -0.2) is 9.78 Å². The quantitative estimate of drug-likeness (QED) is 0.281. The van der Waals surface area contributed by atoms with Crippen molar-refractivity contribution < 1.29 is 9.53 Å². The number of amides is 1. The van der Waals surface area contributed by atoms with E-state index in [4.69, 9.17) is 19.7 Å². The van der Waals surface area contributed by atoms with Crippen molar-refractivity contribution in [1.82, 2.24) is 30.2 Å².